The molecule has 6 heteroatoms. The molecule has 3 aromatic carbocycles. The molecule has 28 heavy (non-hydrogen) atoms. The Morgan fingerprint density at radius 2 is 1.64 bits per heavy atom. The molecule has 0 bridgehead atoms. The second-order valence-electron chi connectivity index (χ2n) is 6.66. The Morgan fingerprint density at radius 3 is 2.39 bits per heavy atom. The lowest BCUT2D eigenvalue weighted by molar-refractivity contribution is 0.338. The maximum absolute atomic E-state index is 10.3. The maximum Gasteiger partial charge on any atom is 0.200 e. The third kappa shape index (κ3) is 2.31. The summed E-state index contributed by atoms with van der Waals surface area (Å²) in [6.07, 6.45) is -0.235. The lowest BCUT2D eigenvalue weighted by Gasteiger charge is -2.30. The van der Waals surface area contributed by atoms with E-state index in [0.29, 0.717) is 11.5 Å². The van der Waals surface area contributed by atoms with Crippen LogP contribution in [0.25, 0.3) is 22.4 Å². The summed E-state index contributed by atoms with van der Waals surface area (Å²) in [5.74, 6) is 1.61. The standard InChI is InChI=1S/C22H19N3O3/c1-27-18-11-13(12-19(28-2)20(18)26)21-23-15-8-4-3-7-14(15)22-24-16-9-5-6-10-17(16)25(21)22/h3-12,21,23,26H,1-2H3. The first-order valence-corrected chi connectivity index (χ1v) is 8.99. The molecule has 5 rings (SSSR count). The number of nitrogens with zero attached hydrogens (tertiary/aromatic N) is 2. The Hall–Kier alpha value is -3.67. The molecule has 1 aromatic heterocycles. The van der Waals surface area contributed by atoms with Crippen molar-refractivity contribution in [2.75, 3.05) is 19.5 Å². The molecule has 1 atom stereocenters. The fraction of sp³-hybridized carbons (Fsp3) is 0.136. The van der Waals surface area contributed by atoms with Crippen molar-refractivity contribution in [3.63, 3.8) is 0 Å². The summed E-state index contributed by atoms with van der Waals surface area (Å²) < 4.78 is 12.9. The van der Waals surface area contributed by atoms with Crippen LogP contribution in [-0.4, -0.2) is 28.9 Å². The van der Waals surface area contributed by atoms with Gasteiger partial charge in [0.05, 0.1) is 25.3 Å². The second kappa shape index (κ2) is 6.20. The van der Waals surface area contributed by atoms with Gasteiger partial charge in [-0.25, -0.2) is 4.98 Å². The number of nitrogens with one attached hydrogen (secondary N) is 1. The van der Waals surface area contributed by atoms with E-state index in [-0.39, 0.29) is 11.9 Å². The van der Waals surface area contributed by atoms with Gasteiger partial charge < -0.3 is 19.9 Å². The average molecular weight is 373 g/mol. The van der Waals surface area contributed by atoms with Crippen molar-refractivity contribution < 1.29 is 14.6 Å². The zero-order valence-electron chi connectivity index (χ0n) is 15.5. The molecule has 4 aromatic rings. The van der Waals surface area contributed by atoms with Crippen molar-refractivity contribution in [3.8, 4) is 28.6 Å². The van der Waals surface area contributed by atoms with Crippen LogP contribution in [0.5, 0.6) is 17.2 Å². The molecular formula is C22H19N3O3. The van der Waals surface area contributed by atoms with Crippen LogP contribution in [0, 0.1) is 0 Å². The van der Waals surface area contributed by atoms with E-state index >= 15 is 0 Å². The summed E-state index contributed by atoms with van der Waals surface area (Å²) >= 11 is 0. The fourth-order valence-electron chi connectivity index (χ4n) is 3.82. The first-order chi connectivity index (χ1) is 13.7. The molecular weight excluding hydrogens is 354 g/mol. The van der Waals surface area contributed by atoms with Gasteiger partial charge in [0, 0.05) is 16.8 Å². The van der Waals surface area contributed by atoms with E-state index in [9.17, 15) is 5.11 Å². The van der Waals surface area contributed by atoms with E-state index < -0.39 is 0 Å². The highest BCUT2D eigenvalue weighted by atomic mass is 16.5. The average Bonchev–Trinajstić information content (AvgIpc) is 3.13. The minimum Gasteiger partial charge on any atom is -0.502 e. The Bertz CT molecular complexity index is 1170. The SMILES string of the molecule is COc1cc(C2Nc3ccccc3-c3nc4ccccc4n32)cc(OC)c1O. The Morgan fingerprint density at radius 1 is 0.964 bits per heavy atom. The lowest BCUT2D eigenvalue weighted by atomic mass is 10.0. The number of imidazole rings is 1. The number of anilines is 1. The number of hydrogen-bond donors (Lipinski definition) is 2. The molecule has 6 nitrogen and oxygen atoms in total. The van der Waals surface area contributed by atoms with Gasteiger partial charge in [0.25, 0.3) is 0 Å². The van der Waals surface area contributed by atoms with Crippen LogP contribution in [0.15, 0.2) is 60.7 Å². The summed E-state index contributed by atoms with van der Waals surface area (Å²) in [4.78, 5) is 4.88. The number of phenols is 1. The summed E-state index contributed by atoms with van der Waals surface area (Å²) in [6, 6.07) is 19.8. The van der Waals surface area contributed by atoms with Crippen molar-refractivity contribution >= 4 is 16.7 Å². The van der Waals surface area contributed by atoms with Crippen molar-refractivity contribution in [3.05, 3.63) is 66.2 Å². The number of ether oxygens (including phenoxy) is 2. The van der Waals surface area contributed by atoms with Gasteiger partial charge in [0.15, 0.2) is 11.5 Å². The third-order valence-electron chi connectivity index (χ3n) is 5.13. The molecule has 0 spiro atoms. The summed E-state index contributed by atoms with van der Waals surface area (Å²) in [5.41, 5.74) is 4.90. The monoisotopic (exact) mass is 373 g/mol. The van der Waals surface area contributed by atoms with Crippen molar-refractivity contribution in [1.29, 1.82) is 0 Å². The molecule has 0 fully saturated rings. The lowest BCUT2D eigenvalue weighted by Crippen LogP contribution is -2.24. The van der Waals surface area contributed by atoms with Gasteiger partial charge in [-0.15, -0.1) is 0 Å². The van der Waals surface area contributed by atoms with E-state index in [1.807, 2.05) is 48.5 Å². The van der Waals surface area contributed by atoms with Gasteiger partial charge in [0.2, 0.25) is 5.75 Å². The number of hydrogen-bond acceptors (Lipinski definition) is 5. The predicted octanol–water partition coefficient (Wildman–Crippen LogP) is 4.40. The highest BCUT2D eigenvalue weighted by Crippen LogP contribution is 2.44. The van der Waals surface area contributed by atoms with E-state index in [2.05, 4.69) is 22.0 Å². The topological polar surface area (TPSA) is 68.5 Å². The predicted molar refractivity (Wildman–Crippen MR) is 108 cm³/mol. The number of methoxy groups -OCH3 is 2. The smallest absolute Gasteiger partial charge is 0.200 e. The highest BCUT2D eigenvalue weighted by Gasteiger charge is 2.29. The minimum atomic E-state index is -0.235. The fourth-order valence-corrected chi connectivity index (χ4v) is 3.82. The zero-order chi connectivity index (χ0) is 19.3. The summed E-state index contributed by atoms with van der Waals surface area (Å²) in [6.45, 7) is 0. The normalized spacial score (nSPS) is 14.9. The number of fused-ring (bicyclic) bond motifs is 5. The molecule has 0 saturated heterocycles. The molecule has 1 aliphatic heterocycles. The van der Waals surface area contributed by atoms with Gasteiger partial charge >= 0.3 is 0 Å². The quantitative estimate of drug-likeness (QED) is 0.557. The van der Waals surface area contributed by atoms with Gasteiger partial charge in [-0.2, -0.15) is 0 Å². The van der Waals surface area contributed by atoms with E-state index in [1.54, 1.807) is 0 Å². The molecule has 1 aliphatic rings. The highest BCUT2D eigenvalue weighted by molar-refractivity contribution is 5.86. The van der Waals surface area contributed by atoms with E-state index in [1.165, 1.54) is 14.2 Å². The number of aromatic hydroxyl groups is 1. The largest absolute Gasteiger partial charge is 0.502 e. The maximum atomic E-state index is 10.3. The van der Waals surface area contributed by atoms with Crippen LogP contribution in [0.3, 0.4) is 0 Å². The molecule has 0 amide bonds. The van der Waals surface area contributed by atoms with Gasteiger partial charge in [-0.3, -0.25) is 4.57 Å². The van der Waals surface area contributed by atoms with Crippen LogP contribution >= 0.6 is 0 Å². The molecule has 0 aliphatic carbocycles. The summed E-state index contributed by atoms with van der Waals surface area (Å²) in [5, 5.41) is 13.9. The molecule has 0 radical (unpaired) electrons. The molecule has 2 N–H and O–H groups in total. The number of benzene rings is 3. The second-order valence-corrected chi connectivity index (χ2v) is 6.66. The van der Waals surface area contributed by atoms with Gasteiger partial charge in [-0.05, 0) is 36.4 Å². The number of aromatic nitrogens is 2. The van der Waals surface area contributed by atoms with Gasteiger partial charge in [0.1, 0.15) is 12.0 Å². The Labute approximate surface area is 162 Å². The minimum absolute atomic E-state index is 0.0133. The van der Waals surface area contributed by atoms with Crippen molar-refractivity contribution in [2.45, 2.75) is 6.17 Å². The van der Waals surface area contributed by atoms with Crippen LogP contribution < -0.4 is 14.8 Å². The molecule has 2 heterocycles. The molecule has 140 valence electrons. The Balaban J connectivity index is 1.79. The third-order valence-corrected chi connectivity index (χ3v) is 5.13. The van der Waals surface area contributed by atoms with Gasteiger partial charge in [-0.1, -0.05) is 24.3 Å². The molecule has 1 unspecified atom stereocenters. The van der Waals surface area contributed by atoms with Crippen LogP contribution in [-0.2, 0) is 0 Å². The first-order valence-electron chi connectivity index (χ1n) is 8.99. The van der Waals surface area contributed by atoms with Crippen molar-refractivity contribution in [1.82, 2.24) is 9.55 Å². The Kier molecular flexibility index (Phi) is 3.65. The number of phenolic OH excluding ortho intramolecular Hbond substituents is 1. The van der Waals surface area contributed by atoms with E-state index in [4.69, 9.17) is 14.5 Å². The zero-order valence-corrected chi connectivity index (χ0v) is 15.5. The van der Waals surface area contributed by atoms with Crippen LogP contribution in [0.2, 0.25) is 0 Å². The number of rotatable bonds is 3. The van der Waals surface area contributed by atoms with Crippen molar-refractivity contribution in [2.24, 2.45) is 0 Å². The first kappa shape index (κ1) is 16.5. The summed E-state index contributed by atoms with van der Waals surface area (Å²) in [7, 11) is 3.06. The number of para-hydroxylation sites is 3. The van der Waals surface area contributed by atoms with Crippen LogP contribution in [0.1, 0.15) is 11.7 Å². The molecule has 0 saturated carbocycles. The van der Waals surface area contributed by atoms with E-state index in [0.717, 1.165) is 33.7 Å². The van der Waals surface area contributed by atoms with Crippen LogP contribution in [0.4, 0.5) is 5.69 Å².